The molecule has 0 amide bonds. The number of carbonyl (C=O) groups excluding carboxylic acids is 2. The van der Waals surface area contributed by atoms with Gasteiger partial charge in [-0.15, -0.1) is 0 Å². The van der Waals surface area contributed by atoms with Gasteiger partial charge in [0, 0.05) is 36.0 Å². The first-order valence-electron chi connectivity index (χ1n) is 8.49. The summed E-state index contributed by atoms with van der Waals surface area (Å²) < 4.78 is 4.74. The van der Waals surface area contributed by atoms with E-state index in [0.29, 0.717) is 6.42 Å². The van der Waals surface area contributed by atoms with Gasteiger partial charge in [-0.05, 0) is 12.3 Å². The van der Waals surface area contributed by atoms with E-state index in [1.54, 1.807) is 0 Å². The Morgan fingerprint density at radius 2 is 1.36 bits per heavy atom. The Morgan fingerprint density at radius 3 is 1.82 bits per heavy atom. The summed E-state index contributed by atoms with van der Waals surface area (Å²) in [6.07, 6.45) is 11.1. The van der Waals surface area contributed by atoms with Crippen molar-refractivity contribution in [2.24, 2.45) is 11.7 Å². The van der Waals surface area contributed by atoms with Gasteiger partial charge in [-0.2, -0.15) is 0 Å². The Bertz CT molecular complexity index is 296. The molecule has 0 aliphatic rings. The van der Waals surface area contributed by atoms with Crippen LogP contribution in [0.2, 0.25) is 0 Å². The molecule has 0 spiro atoms. The minimum absolute atomic E-state index is 0. The summed E-state index contributed by atoms with van der Waals surface area (Å²) >= 11 is 0. The molecule has 0 heterocycles. The maximum atomic E-state index is 11.5. The summed E-state index contributed by atoms with van der Waals surface area (Å²) in [7, 11) is 0. The number of carbonyl (C=O) groups is 2. The van der Waals surface area contributed by atoms with Gasteiger partial charge in [-0.3, -0.25) is 4.79 Å². The van der Waals surface area contributed by atoms with Crippen LogP contribution in [-0.4, -0.2) is 47.5 Å². The predicted molar refractivity (Wildman–Crippen MR) is 91.5 cm³/mol. The number of ether oxygens (including phenoxy) is 1. The molecular formula is C17H33NNaO3. The molecule has 0 saturated heterocycles. The number of rotatable bonds is 12. The van der Waals surface area contributed by atoms with E-state index in [0.717, 1.165) is 19.3 Å². The van der Waals surface area contributed by atoms with Crippen LogP contribution in [-0.2, 0) is 14.3 Å². The molecule has 1 atom stereocenters. The van der Waals surface area contributed by atoms with Crippen molar-refractivity contribution < 1.29 is 14.3 Å². The molecular weight excluding hydrogens is 289 g/mol. The molecule has 0 fully saturated rings. The smallest absolute Gasteiger partial charge is 0.330 e. The minimum Gasteiger partial charge on any atom is -0.392 e. The summed E-state index contributed by atoms with van der Waals surface area (Å²) in [5.74, 6) is -1.07. The molecule has 0 aromatic heterocycles. The van der Waals surface area contributed by atoms with Gasteiger partial charge in [0.15, 0.2) is 0 Å². The summed E-state index contributed by atoms with van der Waals surface area (Å²) in [6, 6.07) is -0.711. The van der Waals surface area contributed by atoms with Crippen LogP contribution in [0.5, 0.6) is 0 Å². The summed E-state index contributed by atoms with van der Waals surface area (Å²) in [5, 5.41) is 0. The Kier molecular flexibility index (Phi) is 17.7. The van der Waals surface area contributed by atoms with Crippen molar-refractivity contribution in [1.82, 2.24) is 0 Å². The zero-order valence-corrected chi connectivity index (χ0v) is 17.0. The fraction of sp³-hybridized carbons (Fsp3) is 0.882. The topological polar surface area (TPSA) is 69.4 Å². The average Bonchev–Trinajstić information content (AvgIpc) is 2.44. The van der Waals surface area contributed by atoms with E-state index < -0.39 is 18.0 Å². The average molecular weight is 322 g/mol. The zero-order chi connectivity index (χ0) is 16.1. The first-order valence-corrected chi connectivity index (χ1v) is 8.49. The van der Waals surface area contributed by atoms with Crippen molar-refractivity contribution >= 4 is 41.5 Å². The van der Waals surface area contributed by atoms with Crippen molar-refractivity contribution in [3.63, 3.8) is 0 Å². The van der Waals surface area contributed by atoms with Crippen molar-refractivity contribution in [1.29, 1.82) is 0 Å². The SMILES string of the molecule is CCCCCCCCCCCC(=O)OC(=O)[C@@H](N)C(C)C.[Na]. The quantitative estimate of drug-likeness (QED) is 0.258. The Balaban J connectivity index is 0. The van der Waals surface area contributed by atoms with Crippen LogP contribution in [0.25, 0.3) is 0 Å². The normalized spacial score (nSPS) is 11.9. The van der Waals surface area contributed by atoms with E-state index in [9.17, 15) is 9.59 Å². The van der Waals surface area contributed by atoms with Crippen LogP contribution in [0.3, 0.4) is 0 Å². The van der Waals surface area contributed by atoms with Crippen molar-refractivity contribution in [2.45, 2.75) is 91.0 Å². The fourth-order valence-corrected chi connectivity index (χ4v) is 2.08. The second kappa shape index (κ2) is 16.0. The van der Waals surface area contributed by atoms with Gasteiger partial charge in [-0.1, -0.05) is 72.1 Å². The number of nitrogens with two attached hydrogens (primary N) is 1. The third kappa shape index (κ3) is 13.7. The molecule has 0 unspecified atom stereocenters. The molecule has 4 nitrogen and oxygen atoms in total. The van der Waals surface area contributed by atoms with E-state index in [2.05, 4.69) is 6.92 Å². The molecule has 0 rings (SSSR count). The van der Waals surface area contributed by atoms with Gasteiger partial charge >= 0.3 is 11.9 Å². The summed E-state index contributed by atoms with van der Waals surface area (Å²) in [6.45, 7) is 5.88. The van der Waals surface area contributed by atoms with Gasteiger partial charge in [-0.25, -0.2) is 4.79 Å². The molecule has 125 valence electrons. The second-order valence-electron chi connectivity index (χ2n) is 6.14. The number of hydrogen-bond donors (Lipinski definition) is 1. The van der Waals surface area contributed by atoms with Crippen LogP contribution in [0.1, 0.15) is 85.0 Å². The molecule has 2 N–H and O–H groups in total. The van der Waals surface area contributed by atoms with Crippen LogP contribution >= 0.6 is 0 Å². The van der Waals surface area contributed by atoms with Gasteiger partial charge < -0.3 is 10.5 Å². The molecule has 0 bridgehead atoms. The van der Waals surface area contributed by atoms with E-state index in [1.807, 2.05) is 13.8 Å². The van der Waals surface area contributed by atoms with Gasteiger partial charge in [0.05, 0.1) is 0 Å². The molecule has 5 heteroatoms. The van der Waals surface area contributed by atoms with E-state index in [4.69, 9.17) is 10.5 Å². The molecule has 1 radical (unpaired) electrons. The van der Waals surface area contributed by atoms with Gasteiger partial charge in [0.1, 0.15) is 6.04 Å². The minimum atomic E-state index is -0.711. The van der Waals surface area contributed by atoms with Crippen LogP contribution in [0.15, 0.2) is 0 Å². The summed E-state index contributed by atoms with van der Waals surface area (Å²) in [4.78, 5) is 23.0. The molecule has 0 aliphatic carbocycles. The molecule has 0 aromatic rings. The van der Waals surface area contributed by atoms with Crippen LogP contribution in [0.4, 0.5) is 0 Å². The maximum absolute atomic E-state index is 11.5. The fourth-order valence-electron chi connectivity index (χ4n) is 2.08. The number of unbranched alkanes of at least 4 members (excludes halogenated alkanes) is 8. The first-order chi connectivity index (χ1) is 9.99. The molecule has 22 heavy (non-hydrogen) atoms. The molecule has 0 aromatic carbocycles. The Hall–Kier alpha value is 0.1000. The van der Waals surface area contributed by atoms with Crippen molar-refractivity contribution in [3.8, 4) is 0 Å². The number of hydrogen-bond acceptors (Lipinski definition) is 4. The van der Waals surface area contributed by atoms with Crippen LogP contribution < -0.4 is 5.73 Å². The second-order valence-corrected chi connectivity index (χ2v) is 6.14. The first kappa shape index (κ1) is 24.4. The largest absolute Gasteiger partial charge is 0.392 e. The Morgan fingerprint density at radius 1 is 0.909 bits per heavy atom. The third-order valence-corrected chi connectivity index (χ3v) is 3.69. The van der Waals surface area contributed by atoms with Gasteiger partial charge in [0.2, 0.25) is 0 Å². The number of esters is 2. The monoisotopic (exact) mass is 322 g/mol. The van der Waals surface area contributed by atoms with E-state index in [1.165, 1.54) is 38.5 Å². The predicted octanol–water partition coefficient (Wildman–Crippen LogP) is 3.58. The summed E-state index contributed by atoms with van der Waals surface area (Å²) in [5.41, 5.74) is 5.63. The van der Waals surface area contributed by atoms with Gasteiger partial charge in [0.25, 0.3) is 0 Å². The molecule has 0 aliphatic heterocycles. The maximum Gasteiger partial charge on any atom is 0.330 e. The Labute approximate surface area is 158 Å². The van der Waals surface area contributed by atoms with Crippen molar-refractivity contribution in [2.75, 3.05) is 0 Å². The zero-order valence-electron chi connectivity index (χ0n) is 15.0. The van der Waals surface area contributed by atoms with E-state index in [-0.39, 0.29) is 35.5 Å². The van der Waals surface area contributed by atoms with E-state index >= 15 is 0 Å². The molecule has 0 saturated carbocycles. The van der Waals surface area contributed by atoms with Crippen molar-refractivity contribution in [3.05, 3.63) is 0 Å². The standard InChI is InChI=1S/C17H33NO3.Na/c1-4-5-6-7-8-9-10-11-12-13-15(19)21-17(20)16(18)14(2)3;/h14,16H,4-13,18H2,1-3H3;/t16-;/m0./s1. The van der Waals surface area contributed by atoms with Crippen LogP contribution in [0, 0.1) is 5.92 Å². The third-order valence-electron chi connectivity index (χ3n) is 3.69.